The van der Waals surface area contributed by atoms with Gasteiger partial charge in [0.2, 0.25) is 0 Å². The quantitative estimate of drug-likeness (QED) is 0.663. The van der Waals surface area contributed by atoms with Crippen molar-refractivity contribution in [1.82, 2.24) is 9.88 Å². The fourth-order valence-electron chi connectivity index (χ4n) is 2.82. The van der Waals surface area contributed by atoms with Gasteiger partial charge in [-0.3, -0.25) is 9.59 Å². The number of carbonyl (C=O) groups is 1. The van der Waals surface area contributed by atoms with E-state index in [2.05, 4.69) is 20.9 Å². The smallest absolute Gasteiger partial charge is 0.261 e. The summed E-state index contributed by atoms with van der Waals surface area (Å²) < 4.78 is 14.6. The molecule has 0 saturated carbocycles. The Morgan fingerprint density at radius 1 is 1.15 bits per heavy atom. The number of rotatable bonds is 4. The Kier molecular flexibility index (Phi) is 5.56. The second kappa shape index (κ2) is 7.88. The number of nitrogens with one attached hydrogen (secondary N) is 1. The molecule has 4 nitrogen and oxygen atoms in total. The van der Waals surface area contributed by atoms with Gasteiger partial charge in [-0.05, 0) is 48.9 Å². The molecule has 1 aromatic heterocycles. The van der Waals surface area contributed by atoms with Crippen LogP contribution in [-0.4, -0.2) is 22.8 Å². The van der Waals surface area contributed by atoms with Gasteiger partial charge in [0.1, 0.15) is 11.4 Å². The molecule has 1 N–H and O–H groups in total. The first-order chi connectivity index (χ1) is 12.8. The predicted molar refractivity (Wildman–Crippen MR) is 107 cm³/mol. The zero-order valence-corrected chi connectivity index (χ0v) is 16.5. The summed E-state index contributed by atoms with van der Waals surface area (Å²) in [6.45, 7) is 2.03. The van der Waals surface area contributed by atoms with Crippen LogP contribution in [0, 0.1) is 12.7 Å². The van der Waals surface area contributed by atoms with E-state index in [1.54, 1.807) is 18.2 Å². The van der Waals surface area contributed by atoms with Crippen LogP contribution in [0.4, 0.5) is 4.39 Å². The molecule has 1 heterocycles. The molecule has 6 heteroatoms. The number of hydrogen-bond acceptors (Lipinski definition) is 2. The van der Waals surface area contributed by atoms with Crippen molar-refractivity contribution in [2.24, 2.45) is 0 Å². The van der Waals surface area contributed by atoms with Gasteiger partial charge in [-0.15, -0.1) is 0 Å². The highest BCUT2D eigenvalue weighted by Gasteiger charge is 2.17. The first-order valence-electron chi connectivity index (χ1n) is 8.35. The van der Waals surface area contributed by atoms with E-state index in [9.17, 15) is 14.0 Å². The maximum absolute atomic E-state index is 13.9. The van der Waals surface area contributed by atoms with Crippen molar-refractivity contribution >= 4 is 21.8 Å². The number of amides is 1. The molecular weight excluding hydrogens is 411 g/mol. The van der Waals surface area contributed by atoms with Gasteiger partial charge in [-0.25, -0.2) is 4.39 Å². The van der Waals surface area contributed by atoms with Crippen molar-refractivity contribution < 1.29 is 9.18 Å². The highest BCUT2D eigenvalue weighted by molar-refractivity contribution is 9.10. The summed E-state index contributed by atoms with van der Waals surface area (Å²) in [5.74, 6) is -0.868. The number of nitrogens with zero attached hydrogens (tertiary/aromatic N) is 1. The second-order valence-corrected chi connectivity index (χ2v) is 7.30. The van der Waals surface area contributed by atoms with Crippen molar-refractivity contribution in [2.75, 3.05) is 7.05 Å². The molecule has 0 atom stereocenters. The minimum absolute atomic E-state index is 0.0179. The second-order valence-electron chi connectivity index (χ2n) is 6.38. The van der Waals surface area contributed by atoms with Gasteiger partial charge < -0.3 is 9.88 Å². The normalized spacial score (nSPS) is 10.7. The van der Waals surface area contributed by atoms with Crippen LogP contribution in [0.2, 0.25) is 0 Å². The van der Waals surface area contributed by atoms with E-state index in [1.165, 1.54) is 24.1 Å². The summed E-state index contributed by atoms with van der Waals surface area (Å²) in [5.41, 5.74) is 2.50. The molecule has 3 aromatic rings. The molecule has 0 saturated heterocycles. The van der Waals surface area contributed by atoms with E-state index in [-0.39, 0.29) is 12.1 Å². The Labute approximate surface area is 164 Å². The third kappa shape index (κ3) is 4.34. The average Bonchev–Trinajstić information content (AvgIpc) is 2.64. The first kappa shape index (κ1) is 19.0. The SMILES string of the molecule is Cc1cccc(-c2ccc(C(=O)N(C)Cc3cc(Br)ccc3F)c(=O)[nH]2)c1. The number of aromatic amines is 1. The molecule has 1 amide bonds. The van der Waals surface area contributed by atoms with Gasteiger partial charge in [0, 0.05) is 29.3 Å². The summed E-state index contributed by atoms with van der Waals surface area (Å²) in [4.78, 5) is 29.1. The lowest BCUT2D eigenvalue weighted by Gasteiger charge is -2.17. The van der Waals surface area contributed by atoms with E-state index in [1.807, 2.05) is 31.2 Å². The van der Waals surface area contributed by atoms with Crippen molar-refractivity contribution in [3.8, 4) is 11.3 Å². The standard InChI is InChI=1S/C21H18BrFN2O2/c1-13-4-3-5-14(10-13)19-9-7-17(20(26)24-19)21(27)25(2)12-15-11-16(22)6-8-18(15)23/h3-11H,12H2,1-2H3,(H,24,26). The van der Waals surface area contributed by atoms with Gasteiger partial charge in [0.15, 0.2) is 0 Å². The van der Waals surface area contributed by atoms with Crippen molar-refractivity contribution in [3.05, 3.63) is 91.9 Å². The van der Waals surface area contributed by atoms with Crippen LogP contribution in [0.25, 0.3) is 11.3 Å². The summed E-state index contributed by atoms with van der Waals surface area (Å²) in [6, 6.07) is 15.5. The monoisotopic (exact) mass is 428 g/mol. The molecule has 3 rings (SSSR count). The average molecular weight is 429 g/mol. The highest BCUT2D eigenvalue weighted by atomic mass is 79.9. The molecule has 0 fully saturated rings. The van der Waals surface area contributed by atoms with Crippen LogP contribution in [0.15, 0.2) is 63.9 Å². The Balaban J connectivity index is 1.84. The fourth-order valence-corrected chi connectivity index (χ4v) is 3.23. The Bertz CT molecular complexity index is 1060. The molecule has 0 aliphatic carbocycles. The van der Waals surface area contributed by atoms with Crippen LogP contribution >= 0.6 is 15.9 Å². The molecule has 2 aromatic carbocycles. The molecule has 0 unspecified atom stereocenters. The number of carbonyl (C=O) groups excluding carboxylic acids is 1. The zero-order chi connectivity index (χ0) is 19.6. The third-order valence-corrected chi connectivity index (χ3v) is 4.72. The van der Waals surface area contributed by atoms with Crippen LogP contribution in [0.3, 0.4) is 0 Å². The number of aryl methyl sites for hydroxylation is 1. The molecule has 0 aliphatic heterocycles. The summed E-state index contributed by atoms with van der Waals surface area (Å²) in [5, 5.41) is 0. The zero-order valence-electron chi connectivity index (χ0n) is 14.9. The largest absolute Gasteiger partial charge is 0.337 e. The number of H-pyrrole nitrogens is 1. The number of benzene rings is 2. The molecule has 0 radical (unpaired) electrons. The van der Waals surface area contributed by atoms with E-state index in [0.717, 1.165) is 15.6 Å². The van der Waals surface area contributed by atoms with Crippen LogP contribution in [-0.2, 0) is 6.54 Å². The highest BCUT2D eigenvalue weighted by Crippen LogP contribution is 2.19. The number of aromatic nitrogens is 1. The topological polar surface area (TPSA) is 53.2 Å². The van der Waals surface area contributed by atoms with Crippen molar-refractivity contribution in [3.63, 3.8) is 0 Å². The van der Waals surface area contributed by atoms with Gasteiger partial charge in [-0.1, -0.05) is 39.7 Å². The summed E-state index contributed by atoms with van der Waals surface area (Å²) >= 11 is 3.29. The molecule has 138 valence electrons. The maximum Gasteiger partial charge on any atom is 0.261 e. The number of hydrogen-bond donors (Lipinski definition) is 1. The summed E-state index contributed by atoms with van der Waals surface area (Å²) in [6.07, 6.45) is 0. The van der Waals surface area contributed by atoms with E-state index in [4.69, 9.17) is 0 Å². The molecular formula is C21H18BrFN2O2. The Morgan fingerprint density at radius 2 is 1.93 bits per heavy atom. The maximum atomic E-state index is 13.9. The van der Waals surface area contributed by atoms with Crippen LogP contribution in [0.5, 0.6) is 0 Å². The van der Waals surface area contributed by atoms with E-state index >= 15 is 0 Å². The van der Waals surface area contributed by atoms with Crippen LogP contribution in [0.1, 0.15) is 21.5 Å². The lowest BCUT2D eigenvalue weighted by Crippen LogP contribution is -2.31. The summed E-state index contributed by atoms with van der Waals surface area (Å²) in [7, 11) is 1.54. The molecule has 0 aliphatic rings. The Hall–Kier alpha value is -2.73. The van der Waals surface area contributed by atoms with Gasteiger partial charge >= 0.3 is 0 Å². The lowest BCUT2D eigenvalue weighted by atomic mass is 10.1. The van der Waals surface area contributed by atoms with Crippen molar-refractivity contribution in [2.45, 2.75) is 13.5 Å². The number of halogens is 2. The fraction of sp³-hybridized carbons (Fsp3) is 0.143. The first-order valence-corrected chi connectivity index (χ1v) is 9.14. The van der Waals surface area contributed by atoms with E-state index < -0.39 is 17.3 Å². The molecule has 0 bridgehead atoms. The van der Waals surface area contributed by atoms with Gasteiger partial charge in [0.05, 0.1) is 0 Å². The number of pyridine rings is 1. The third-order valence-electron chi connectivity index (χ3n) is 4.23. The predicted octanol–water partition coefficient (Wildman–Crippen LogP) is 4.52. The molecule has 27 heavy (non-hydrogen) atoms. The van der Waals surface area contributed by atoms with Gasteiger partial charge in [0.25, 0.3) is 11.5 Å². The molecule has 0 spiro atoms. The lowest BCUT2D eigenvalue weighted by molar-refractivity contribution is 0.0782. The Morgan fingerprint density at radius 3 is 2.63 bits per heavy atom. The van der Waals surface area contributed by atoms with E-state index in [0.29, 0.717) is 11.3 Å². The minimum atomic E-state index is -0.472. The van der Waals surface area contributed by atoms with Crippen LogP contribution < -0.4 is 5.56 Å². The van der Waals surface area contributed by atoms with Crippen molar-refractivity contribution in [1.29, 1.82) is 0 Å². The van der Waals surface area contributed by atoms with Gasteiger partial charge in [-0.2, -0.15) is 0 Å². The minimum Gasteiger partial charge on any atom is -0.337 e.